The van der Waals surface area contributed by atoms with E-state index in [1.54, 1.807) is 0 Å². The van der Waals surface area contributed by atoms with Gasteiger partial charge in [-0.1, -0.05) is 17.7 Å². The Balaban J connectivity index is 1.41. The molecule has 1 aromatic carbocycles. The monoisotopic (exact) mass is 321 g/mol. The summed E-state index contributed by atoms with van der Waals surface area (Å²) in [6.45, 7) is 2.02. The van der Waals surface area contributed by atoms with Crippen molar-refractivity contribution in [2.45, 2.75) is 25.8 Å². The number of benzene rings is 1. The van der Waals surface area contributed by atoms with Crippen LogP contribution in [0, 0.1) is 0 Å². The summed E-state index contributed by atoms with van der Waals surface area (Å²) < 4.78 is 0. The predicted molar refractivity (Wildman–Crippen MR) is 92.8 cm³/mol. The van der Waals surface area contributed by atoms with Crippen LogP contribution in [-0.2, 0) is 17.8 Å². The molecule has 6 heteroatoms. The fraction of sp³-hybridized carbons (Fsp3) is 0.333. The van der Waals surface area contributed by atoms with Crippen molar-refractivity contribution in [3.05, 3.63) is 52.7 Å². The molecule has 24 heavy (non-hydrogen) atoms. The predicted octanol–water partition coefficient (Wildman–Crippen LogP) is 3.04. The highest BCUT2D eigenvalue weighted by atomic mass is 16.1. The lowest BCUT2D eigenvalue weighted by Gasteiger charge is -2.25. The largest absolute Gasteiger partial charge is 0.326 e. The van der Waals surface area contributed by atoms with Gasteiger partial charge in [-0.15, -0.1) is 10.2 Å². The van der Waals surface area contributed by atoms with E-state index in [0.717, 1.165) is 42.2 Å². The van der Waals surface area contributed by atoms with Gasteiger partial charge in [-0.3, -0.25) is 4.79 Å². The van der Waals surface area contributed by atoms with Crippen LogP contribution in [0.2, 0.25) is 0 Å². The molecule has 4 rings (SSSR count). The number of carbonyl (C=O) groups is 1. The molecule has 3 aliphatic rings. The average molecular weight is 321 g/mol. The highest BCUT2D eigenvalue weighted by Gasteiger charge is 2.19. The van der Waals surface area contributed by atoms with Gasteiger partial charge in [-0.2, -0.15) is 0 Å². The standard InChI is InChI=1S/C18H19N5O/c1-23-7-6-13-3-4-15(10-14(13)11-23)19-18(24)9-12-2-5-16-17(8-12)21-22-20-16/h2-5,10H,6-9,11H2,1H3,(H,19,24). The Morgan fingerprint density at radius 2 is 2.21 bits per heavy atom. The van der Waals surface area contributed by atoms with Crippen molar-refractivity contribution in [2.24, 2.45) is 15.4 Å². The molecule has 1 aliphatic carbocycles. The van der Waals surface area contributed by atoms with Crippen molar-refractivity contribution in [3.8, 4) is 0 Å². The molecule has 0 saturated heterocycles. The molecular weight excluding hydrogens is 302 g/mol. The molecule has 2 heterocycles. The van der Waals surface area contributed by atoms with Gasteiger partial charge in [0.2, 0.25) is 5.91 Å². The summed E-state index contributed by atoms with van der Waals surface area (Å²) in [4.78, 5) is 14.6. The Kier molecular flexibility index (Phi) is 3.82. The number of likely N-dealkylation sites (N-methyl/N-ethyl adjacent to an activating group) is 1. The molecule has 0 atom stereocenters. The van der Waals surface area contributed by atoms with E-state index in [-0.39, 0.29) is 5.91 Å². The second-order valence-electron chi connectivity index (χ2n) is 6.49. The van der Waals surface area contributed by atoms with Crippen LogP contribution in [0.1, 0.15) is 24.0 Å². The molecule has 0 fully saturated rings. The van der Waals surface area contributed by atoms with E-state index in [1.807, 2.05) is 18.2 Å². The van der Waals surface area contributed by atoms with Crippen LogP contribution in [0.4, 0.5) is 5.69 Å². The zero-order chi connectivity index (χ0) is 16.5. The second-order valence-corrected chi connectivity index (χ2v) is 6.49. The molecule has 0 radical (unpaired) electrons. The van der Waals surface area contributed by atoms with Crippen molar-refractivity contribution < 1.29 is 4.79 Å². The summed E-state index contributed by atoms with van der Waals surface area (Å²) in [6.07, 6.45) is 5.89. The first kappa shape index (κ1) is 15.0. The molecule has 122 valence electrons. The normalized spacial score (nSPS) is 19.1. The smallest absolute Gasteiger partial charge is 0.228 e. The van der Waals surface area contributed by atoms with Gasteiger partial charge in [0.05, 0.1) is 5.71 Å². The molecule has 2 aliphatic heterocycles. The number of hydrogen-bond acceptors (Lipinski definition) is 5. The quantitative estimate of drug-likeness (QED) is 0.929. The van der Waals surface area contributed by atoms with E-state index in [1.165, 1.54) is 11.1 Å². The molecule has 0 unspecified atom stereocenters. The third kappa shape index (κ3) is 3.05. The summed E-state index contributed by atoms with van der Waals surface area (Å²) in [6, 6.07) is 6.21. The van der Waals surface area contributed by atoms with Crippen molar-refractivity contribution in [2.75, 3.05) is 18.9 Å². The molecule has 1 amide bonds. The summed E-state index contributed by atoms with van der Waals surface area (Å²) in [5, 5.41) is 14.6. The Bertz CT molecular complexity index is 819. The van der Waals surface area contributed by atoms with Gasteiger partial charge < -0.3 is 10.2 Å². The minimum atomic E-state index is -0.00492. The topological polar surface area (TPSA) is 69.4 Å². The number of carbonyl (C=O) groups excluding carboxylic acids is 1. The maximum Gasteiger partial charge on any atom is 0.228 e. The first-order valence-corrected chi connectivity index (χ1v) is 8.15. The minimum Gasteiger partial charge on any atom is -0.326 e. The SMILES string of the molecule is CN1CCc2ccc(NC(=O)CC3=CC=C4N=NN=C4C3)cc2C1. The Morgan fingerprint density at radius 1 is 1.29 bits per heavy atom. The van der Waals surface area contributed by atoms with Crippen molar-refractivity contribution >= 4 is 17.3 Å². The fourth-order valence-electron chi connectivity index (χ4n) is 3.27. The zero-order valence-corrected chi connectivity index (χ0v) is 13.6. The highest BCUT2D eigenvalue weighted by Crippen LogP contribution is 2.25. The molecule has 0 saturated carbocycles. The van der Waals surface area contributed by atoms with E-state index in [0.29, 0.717) is 12.8 Å². The molecular formula is C18H19N5O. The number of hydrogen-bond donors (Lipinski definition) is 1. The number of nitrogens with one attached hydrogen (secondary N) is 1. The zero-order valence-electron chi connectivity index (χ0n) is 13.6. The molecule has 1 N–H and O–H groups in total. The van der Waals surface area contributed by atoms with Crippen LogP contribution >= 0.6 is 0 Å². The average Bonchev–Trinajstić information content (AvgIpc) is 3.02. The van der Waals surface area contributed by atoms with Gasteiger partial charge in [0.15, 0.2) is 0 Å². The van der Waals surface area contributed by atoms with Gasteiger partial charge in [0, 0.05) is 31.6 Å². The first-order chi connectivity index (χ1) is 11.7. The van der Waals surface area contributed by atoms with Crippen LogP contribution in [0.25, 0.3) is 0 Å². The Labute approximate surface area is 140 Å². The van der Waals surface area contributed by atoms with E-state index in [4.69, 9.17) is 0 Å². The fourth-order valence-corrected chi connectivity index (χ4v) is 3.27. The molecule has 0 spiro atoms. The third-order valence-corrected chi connectivity index (χ3v) is 4.57. The Morgan fingerprint density at radius 3 is 3.12 bits per heavy atom. The summed E-state index contributed by atoms with van der Waals surface area (Å²) in [5.74, 6) is -0.00492. The summed E-state index contributed by atoms with van der Waals surface area (Å²) in [7, 11) is 2.12. The van der Waals surface area contributed by atoms with E-state index in [2.05, 4.69) is 44.8 Å². The lowest BCUT2D eigenvalue weighted by Crippen LogP contribution is -2.26. The van der Waals surface area contributed by atoms with Gasteiger partial charge >= 0.3 is 0 Å². The number of amides is 1. The van der Waals surface area contributed by atoms with Crippen molar-refractivity contribution in [1.29, 1.82) is 0 Å². The molecule has 0 bridgehead atoms. The summed E-state index contributed by atoms with van der Waals surface area (Å²) in [5.41, 5.74) is 6.22. The number of allylic oxidation sites excluding steroid dienone is 3. The van der Waals surface area contributed by atoms with Gasteiger partial charge in [0.25, 0.3) is 0 Å². The number of rotatable bonds is 3. The number of fused-ring (bicyclic) bond motifs is 2. The van der Waals surface area contributed by atoms with Gasteiger partial charge in [-0.25, -0.2) is 0 Å². The first-order valence-electron chi connectivity index (χ1n) is 8.15. The third-order valence-electron chi connectivity index (χ3n) is 4.57. The maximum absolute atomic E-state index is 12.3. The van der Waals surface area contributed by atoms with Gasteiger partial charge in [-0.05, 0) is 48.0 Å². The second kappa shape index (κ2) is 6.13. The van der Waals surface area contributed by atoms with E-state index >= 15 is 0 Å². The Hall–Kier alpha value is -2.60. The lowest BCUT2D eigenvalue weighted by atomic mass is 9.97. The van der Waals surface area contributed by atoms with Crippen molar-refractivity contribution in [1.82, 2.24) is 4.90 Å². The number of anilines is 1. The lowest BCUT2D eigenvalue weighted by molar-refractivity contribution is -0.115. The van der Waals surface area contributed by atoms with Gasteiger partial charge in [0.1, 0.15) is 5.70 Å². The maximum atomic E-state index is 12.3. The van der Waals surface area contributed by atoms with E-state index < -0.39 is 0 Å². The van der Waals surface area contributed by atoms with Crippen molar-refractivity contribution in [3.63, 3.8) is 0 Å². The minimum absolute atomic E-state index is 0.00492. The van der Waals surface area contributed by atoms with Crippen LogP contribution in [-0.4, -0.2) is 30.1 Å². The number of nitrogens with zero attached hydrogens (tertiary/aromatic N) is 4. The van der Waals surface area contributed by atoms with Crippen LogP contribution < -0.4 is 5.32 Å². The summed E-state index contributed by atoms with van der Waals surface area (Å²) >= 11 is 0. The highest BCUT2D eigenvalue weighted by molar-refractivity contribution is 6.04. The van der Waals surface area contributed by atoms with Crippen LogP contribution in [0.15, 0.2) is 57.1 Å². The van der Waals surface area contributed by atoms with E-state index in [9.17, 15) is 4.79 Å². The van der Waals surface area contributed by atoms with Crippen LogP contribution in [0.3, 0.4) is 0 Å². The molecule has 1 aromatic rings. The molecule has 6 nitrogen and oxygen atoms in total. The van der Waals surface area contributed by atoms with Crippen LogP contribution in [0.5, 0.6) is 0 Å². The molecule has 0 aromatic heterocycles.